The Hall–Kier alpha value is -2.49. The van der Waals surface area contributed by atoms with E-state index in [0.717, 1.165) is 24.0 Å². The molecule has 1 unspecified atom stereocenters. The molecule has 130 valence electrons. The topological polar surface area (TPSA) is 46.2 Å². The van der Waals surface area contributed by atoms with Gasteiger partial charge in [-0.05, 0) is 49.4 Å². The zero-order valence-electron chi connectivity index (χ0n) is 14.3. The molecule has 1 atom stereocenters. The van der Waals surface area contributed by atoms with Crippen molar-refractivity contribution in [2.24, 2.45) is 5.92 Å². The Morgan fingerprint density at radius 3 is 2.56 bits per heavy atom. The van der Waals surface area contributed by atoms with Gasteiger partial charge in [0.15, 0.2) is 0 Å². The van der Waals surface area contributed by atoms with Crippen LogP contribution in [0, 0.1) is 18.7 Å². The largest absolute Gasteiger partial charge is 0.323 e. The van der Waals surface area contributed by atoms with Gasteiger partial charge in [0, 0.05) is 6.42 Å². The van der Waals surface area contributed by atoms with Crippen molar-refractivity contribution in [3.63, 3.8) is 0 Å². The minimum atomic E-state index is -0.645. The second-order valence-corrected chi connectivity index (χ2v) is 6.73. The van der Waals surface area contributed by atoms with Gasteiger partial charge in [0.2, 0.25) is 5.91 Å². The van der Waals surface area contributed by atoms with Gasteiger partial charge in [-0.25, -0.2) is 4.39 Å². The normalized spacial score (nSPS) is 17.4. The number of hydrogen-bond donors (Lipinski definition) is 1. The zero-order valence-corrected chi connectivity index (χ0v) is 14.3. The molecule has 0 heterocycles. The van der Waals surface area contributed by atoms with E-state index in [9.17, 15) is 14.0 Å². The van der Waals surface area contributed by atoms with Crippen LogP contribution in [0.4, 0.5) is 10.1 Å². The number of aryl methyl sites for hydroxylation is 1. The first-order chi connectivity index (χ1) is 12.0. The summed E-state index contributed by atoms with van der Waals surface area (Å²) in [4.78, 5) is 24.2. The van der Waals surface area contributed by atoms with E-state index in [1.54, 1.807) is 12.1 Å². The molecule has 3 nitrogen and oxygen atoms in total. The maximum Gasteiger partial charge on any atom is 0.235 e. The van der Waals surface area contributed by atoms with Gasteiger partial charge in [0.25, 0.3) is 0 Å². The van der Waals surface area contributed by atoms with Crippen LogP contribution in [0.15, 0.2) is 42.5 Å². The monoisotopic (exact) mass is 339 g/mol. The van der Waals surface area contributed by atoms with Gasteiger partial charge in [-0.1, -0.05) is 42.3 Å². The van der Waals surface area contributed by atoms with E-state index in [4.69, 9.17) is 0 Å². The van der Waals surface area contributed by atoms with Gasteiger partial charge in [-0.3, -0.25) is 9.59 Å². The lowest BCUT2D eigenvalue weighted by molar-refractivity contribution is -0.132. The fourth-order valence-electron chi connectivity index (χ4n) is 3.20. The Morgan fingerprint density at radius 1 is 1.12 bits per heavy atom. The Kier molecular flexibility index (Phi) is 5.27. The lowest BCUT2D eigenvalue weighted by atomic mass is 9.87. The van der Waals surface area contributed by atoms with Crippen LogP contribution in [0.2, 0.25) is 0 Å². The Balaban J connectivity index is 1.73. The molecule has 0 radical (unpaired) electrons. The van der Waals surface area contributed by atoms with Crippen molar-refractivity contribution in [2.45, 2.75) is 39.0 Å². The van der Waals surface area contributed by atoms with Crippen molar-refractivity contribution in [2.75, 3.05) is 5.32 Å². The Morgan fingerprint density at radius 2 is 1.84 bits per heavy atom. The van der Waals surface area contributed by atoms with Crippen LogP contribution in [0.5, 0.6) is 0 Å². The second kappa shape index (κ2) is 7.60. The highest BCUT2D eigenvalue weighted by Crippen LogP contribution is 2.24. The summed E-state index contributed by atoms with van der Waals surface area (Å²) in [6, 6.07) is 12.9. The molecule has 0 spiro atoms. The average Bonchev–Trinajstić information content (AvgIpc) is 2.60. The molecular weight excluding hydrogens is 317 g/mol. The molecule has 0 bridgehead atoms. The summed E-state index contributed by atoms with van der Waals surface area (Å²) in [7, 11) is 0. The fourth-order valence-corrected chi connectivity index (χ4v) is 3.20. The summed E-state index contributed by atoms with van der Waals surface area (Å²) in [6.07, 6.45) is 3.35. The molecule has 0 aliphatic heterocycles. The van der Waals surface area contributed by atoms with Gasteiger partial charge in [-0.2, -0.15) is 0 Å². The van der Waals surface area contributed by atoms with Gasteiger partial charge in [-0.15, -0.1) is 0 Å². The van der Waals surface area contributed by atoms with Crippen molar-refractivity contribution in [1.82, 2.24) is 0 Å². The lowest BCUT2D eigenvalue weighted by Crippen LogP contribution is -2.32. The molecule has 2 aromatic carbocycles. The highest BCUT2D eigenvalue weighted by molar-refractivity contribution is 6.07. The molecule has 2 aromatic rings. The Labute approximate surface area is 147 Å². The Bertz CT molecular complexity index is 783. The van der Waals surface area contributed by atoms with Crippen molar-refractivity contribution < 1.29 is 14.0 Å². The molecule has 3 rings (SSSR count). The number of ketones is 1. The first-order valence-corrected chi connectivity index (χ1v) is 8.70. The van der Waals surface area contributed by atoms with Crippen LogP contribution < -0.4 is 5.32 Å². The molecule has 0 saturated heterocycles. The van der Waals surface area contributed by atoms with Crippen molar-refractivity contribution in [3.05, 3.63) is 65.0 Å². The third-order valence-electron chi connectivity index (χ3n) is 4.69. The van der Waals surface area contributed by atoms with Crippen LogP contribution in [-0.2, 0) is 16.0 Å². The molecule has 4 heteroatoms. The summed E-state index contributed by atoms with van der Waals surface area (Å²) in [5.41, 5.74) is 3.37. The maximum atomic E-state index is 14.1. The van der Waals surface area contributed by atoms with Crippen LogP contribution in [0.3, 0.4) is 0 Å². The summed E-state index contributed by atoms with van der Waals surface area (Å²) in [6.45, 7) is 2.03. The number of benzene rings is 2. The van der Waals surface area contributed by atoms with Gasteiger partial charge < -0.3 is 5.32 Å². The minimum absolute atomic E-state index is 0.0417. The second-order valence-electron chi connectivity index (χ2n) is 6.73. The van der Waals surface area contributed by atoms with E-state index < -0.39 is 17.6 Å². The SMILES string of the molecule is Cc1ccc(Cc2ccc(F)c(NC(=O)C3CCCCC3=O)c2)cc1. The average molecular weight is 339 g/mol. The molecular formula is C21H22FNO2. The zero-order chi connectivity index (χ0) is 17.8. The molecule has 1 aliphatic carbocycles. The smallest absolute Gasteiger partial charge is 0.235 e. The van der Waals surface area contributed by atoms with E-state index in [2.05, 4.69) is 5.32 Å². The van der Waals surface area contributed by atoms with Crippen LogP contribution in [0.1, 0.15) is 42.4 Å². The number of carbonyl (C=O) groups excluding carboxylic acids is 2. The number of hydrogen-bond acceptors (Lipinski definition) is 2. The summed E-state index contributed by atoms with van der Waals surface area (Å²) >= 11 is 0. The predicted octanol–water partition coefficient (Wildman–Crippen LogP) is 4.42. The lowest BCUT2D eigenvalue weighted by Gasteiger charge is -2.20. The molecule has 25 heavy (non-hydrogen) atoms. The van der Waals surface area contributed by atoms with Crippen LogP contribution in [0.25, 0.3) is 0 Å². The van der Waals surface area contributed by atoms with Crippen molar-refractivity contribution in [1.29, 1.82) is 0 Å². The maximum absolute atomic E-state index is 14.1. The molecule has 1 N–H and O–H groups in total. The third kappa shape index (κ3) is 4.32. The van der Waals surface area contributed by atoms with Gasteiger partial charge in [0.1, 0.15) is 11.6 Å². The van der Waals surface area contributed by atoms with Gasteiger partial charge in [0.05, 0.1) is 11.6 Å². The van der Waals surface area contributed by atoms with Crippen molar-refractivity contribution >= 4 is 17.4 Å². The number of nitrogens with one attached hydrogen (secondary N) is 1. The summed E-state index contributed by atoms with van der Waals surface area (Å²) < 4.78 is 14.1. The first kappa shape index (κ1) is 17.3. The molecule has 1 fully saturated rings. The molecule has 1 aliphatic rings. The van der Waals surface area contributed by atoms with Crippen LogP contribution >= 0.6 is 0 Å². The van der Waals surface area contributed by atoms with E-state index in [1.807, 2.05) is 31.2 Å². The third-order valence-corrected chi connectivity index (χ3v) is 4.69. The van der Waals surface area contributed by atoms with Crippen molar-refractivity contribution in [3.8, 4) is 0 Å². The molecule has 0 aromatic heterocycles. The molecule has 1 amide bonds. The highest BCUT2D eigenvalue weighted by Gasteiger charge is 2.29. The van der Waals surface area contributed by atoms with E-state index in [-0.39, 0.29) is 11.5 Å². The quantitative estimate of drug-likeness (QED) is 0.838. The van der Waals surface area contributed by atoms with Gasteiger partial charge >= 0.3 is 0 Å². The number of carbonyl (C=O) groups is 2. The summed E-state index contributed by atoms with van der Waals surface area (Å²) in [5, 5.41) is 2.61. The molecule has 1 saturated carbocycles. The number of rotatable bonds is 4. The number of anilines is 1. The fraction of sp³-hybridized carbons (Fsp3) is 0.333. The standard InChI is InChI=1S/C21H22FNO2/c1-14-6-8-15(9-7-14)12-16-10-11-18(22)19(13-16)23-21(25)17-4-2-3-5-20(17)24/h6-11,13,17H,2-5,12H2,1H3,(H,23,25). The number of amides is 1. The first-order valence-electron chi connectivity index (χ1n) is 8.70. The number of halogens is 1. The minimum Gasteiger partial charge on any atom is -0.323 e. The highest BCUT2D eigenvalue weighted by atomic mass is 19.1. The van der Waals surface area contributed by atoms with E-state index in [1.165, 1.54) is 11.6 Å². The summed E-state index contributed by atoms with van der Waals surface area (Å²) in [5.74, 6) is -1.56. The predicted molar refractivity (Wildman–Crippen MR) is 96.0 cm³/mol. The van der Waals surface area contributed by atoms with E-state index in [0.29, 0.717) is 19.3 Å². The van der Waals surface area contributed by atoms with Crippen LogP contribution in [-0.4, -0.2) is 11.7 Å². The van der Waals surface area contributed by atoms with E-state index >= 15 is 0 Å². The number of Topliss-reactive ketones (excluding diaryl/α,β-unsaturated/α-hetero) is 1.